The average Bonchev–Trinajstić information content (AvgIpc) is 2.85. The predicted octanol–water partition coefficient (Wildman–Crippen LogP) is 2.53. The fourth-order valence-corrected chi connectivity index (χ4v) is 2.84. The molecular weight excluding hydrogens is 476 g/mol. The summed E-state index contributed by atoms with van der Waals surface area (Å²) in [6, 6.07) is 0. The number of methoxy groups -OCH3 is 2. The van der Waals surface area contributed by atoms with Gasteiger partial charge in [0.2, 0.25) is 0 Å². The van der Waals surface area contributed by atoms with Crippen LogP contribution in [0.3, 0.4) is 0 Å². The molecule has 36 heavy (non-hydrogen) atoms. The Morgan fingerprint density at radius 3 is 0.833 bits per heavy atom. The van der Waals surface area contributed by atoms with Gasteiger partial charge in [0.15, 0.2) is 0 Å². The van der Waals surface area contributed by atoms with E-state index in [0.717, 1.165) is 0 Å². The Bertz CT molecular complexity index is 682. The molecule has 0 radical (unpaired) electrons. The molecule has 0 bridgehead atoms. The van der Waals surface area contributed by atoms with E-state index in [-0.39, 0.29) is 125 Å². The van der Waals surface area contributed by atoms with Gasteiger partial charge in [-0.3, -0.25) is 28.8 Å². The molecule has 0 N–H and O–H groups in total. The summed E-state index contributed by atoms with van der Waals surface area (Å²) in [5, 5.41) is 0. The molecule has 204 valence electrons. The number of ketones is 6. The van der Waals surface area contributed by atoms with Crippen LogP contribution >= 0.6 is 0 Å². The quantitative estimate of drug-likeness (QED) is 0.174. The number of carbonyl (C=O) groups is 7. The van der Waals surface area contributed by atoms with Crippen molar-refractivity contribution in [2.75, 3.05) is 40.6 Å². The zero-order valence-electron chi connectivity index (χ0n) is 21.3. The van der Waals surface area contributed by atoms with Gasteiger partial charge in [-0.15, -0.1) is 0 Å². The van der Waals surface area contributed by atoms with E-state index in [2.05, 4.69) is 0 Å². The maximum absolute atomic E-state index is 11.8. The fourth-order valence-electron chi connectivity index (χ4n) is 2.84. The van der Waals surface area contributed by atoms with Gasteiger partial charge in [-0.2, -0.15) is 0 Å². The lowest BCUT2D eigenvalue weighted by molar-refractivity contribution is -0.126. The number of hydrogen-bond acceptors (Lipinski definition) is 11. The molecule has 0 saturated carbocycles. The topological polar surface area (TPSA) is 156 Å². The van der Waals surface area contributed by atoms with Gasteiger partial charge in [-0.05, 0) is 0 Å². The zero-order chi connectivity index (χ0) is 27.2. The van der Waals surface area contributed by atoms with Gasteiger partial charge in [-0.25, -0.2) is 4.79 Å². The Labute approximate surface area is 211 Å². The molecule has 0 rings (SSSR count). The molecule has 0 aromatic carbocycles. The minimum Gasteiger partial charge on any atom is -0.434 e. The maximum atomic E-state index is 11.8. The molecule has 0 fully saturated rings. The molecule has 0 aromatic heterocycles. The monoisotopic (exact) mass is 514 g/mol. The van der Waals surface area contributed by atoms with Crippen LogP contribution in [0.2, 0.25) is 0 Å². The number of hydrogen-bond donors (Lipinski definition) is 0. The first kappa shape index (κ1) is 33.2. The Balaban J connectivity index is 3.79. The summed E-state index contributed by atoms with van der Waals surface area (Å²) in [5.74, 6) is -1.03. The lowest BCUT2D eigenvalue weighted by Gasteiger charge is -2.06. The first-order valence-electron chi connectivity index (χ1n) is 12.1. The van der Waals surface area contributed by atoms with E-state index in [0.29, 0.717) is 13.2 Å². The summed E-state index contributed by atoms with van der Waals surface area (Å²) in [6.45, 7) is 0.192. The lowest BCUT2D eigenvalue weighted by atomic mass is 10.0. The Kier molecular flexibility index (Phi) is 19.8. The van der Waals surface area contributed by atoms with E-state index in [1.54, 1.807) is 0 Å². The second-order valence-electron chi connectivity index (χ2n) is 8.16. The average molecular weight is 515 g/mol. The third-order valence-electron chi connectivity index (χ3n) is 5.10. The van der Waals surface area contributed by atoms with Crippen LogP contribution in [-0.2, 0) is 47.7 Å². The molecule has 0 aliphatic carbocycles. The third kappa shape index (κ3) is 20.6. The Hall–Kier alpha value is -2.79. The maximum Gasteiger partial charge on any atom is 0.508 e. The van der Waals surface area contributed by atoms with Crippen molar-refractivity contribution in [2.45, 2.75) is 77.0 Å². The Morgan fingerprint density at radius 2 is 0.583 bits per heavy atom. The summed E-state index contributed by atoms with van der Waals surface area (Å²) >= 11 is 0. The summed E-state index contributed by atoms with van der Waals surface area (Å²) in [6.07, 6.45) is -0.213. The van der Waals surface area contributed by atoms with E-state index in [9.17, 15) is 33.6 Å². The standard InChI is InChI=1S/C25H38O11/c1-33-15-11-21(28)7-3-19(26)5-9-23(30)13-17-35-25(32)36-18-14-24(31)10-6-20(27)4-8-22(29)12-16-34-2/h3-18H2,1-2H3. The molecule has 0 saturated heterocycles. The minimum atomic E-state index is -1.02. The minimum absolute atomic E-state index is 0.00194. The highest BCUT2D eigenvalue weighted by Gasteiger charge is 2.13. The van der Waals surface area contributed by atoms with Gasteiger partial charge < -0.3 is 18.9 Å². The van der Waals surface area contributed by atoms with Crippen LogP contribution in [0.5, 0.6) is 0 Å². The van der Waals surface area contributed by atoms with Crippen molar-refractivity contribution < 1.29 is 52.5 Å². The molecule has 0 aromatic rings. The highest BCUT2D eigenvalue weighted by atomic mass is 16.7. The first-order valence-corrected chi connectivity index (χ1v) is 12.1. The summed E-state index contributed by atoms with van der Waals surface area (Å²) < 4.78 is 19.1. The van der Waals surface area contributed by atoms with Gasteiger partial charge in [-0.1, -0.05) is 0 Å². The summed E-state index contributed by atoms with van der Waals surface area (Å²) in [4.78, 5) is 81.6. The molecule has 11 nitrogen and oxygen atoms in total. The zero-order valence-corrected chi connectivity index (χ0v) is 21.3. The van der Waals surface area contributed by atoms with Gasteiger partial charge in [0.1, 0.15) is 47.9 Å². The molecule has 0 aliphatic heterocycles. The number of Topliss-reactive ketones (excluding diaryl/α,β-unsaturated/α-hetero) is 6. The van der Waals surface area contributed by atoms with Gasteiger partial charge >= 0.3 is 6.16 Å². The van der Waals surface area contributed by atoms with Crippen molar-refractivity contribution in [1.82, 2.24) is 0 Å². The molecule has 0 atom stereocenters. The van der Waals surface area contributed by atoms with E-state index >= 15 is 0 Å². The van der Waals surface area contributed by atoms with Crippen molar-refractivity contribution in [1.29, 1.82) is 0 Å². The molecule has 0 unspecified atom stereocenters. The second-order valence-corrected chi connectivity index (χ2v) is 8.16. The molecule has 11 heteroatoms. The van der Waals surface area contributed by atoms with E-state index in [1.165, 1.54) is 14.2 Å². The predicted molar refractivity (Wildman–Crippen MR) is 126 cm³/mol. The molecular formula is C25H38O11. The number of carbonyl (C=O) groups excluding carboxylic acids is 7. The normalized spacial score (nSPS) is 10.5. The van der Waals surface area contributed by atoms with E-state index in [1.807, 2.05) is 0 Å². The van der Waals surface area contributed by atoms with Crippen LogP contribution in [0.4, 0.5) is 4.79 Å². The molecule has 0 heterocycles. The van der Waals surface area contributed by atoms with E-state index < -0.39 is 6.16 Å². The van der Waals surface area contributed by atoms with Crippen LogP contribution in [-0.4, -0.2) is 81.5 Å². The summed E-state index contributed by atoms with van der Waals surface area (Å²) in [5.41, 5.74) is 0. The smallest absolute Gasteiger partial charge is 0.434 e. The molecule has 0 aliphatic rings. The first-order chi connectivity index (χ1) is 17.2. The van der Waals surface area contributed by atoms with Gasteiger partial charge in [0.25, 0.3) is 0 Å². The van der Waals surface area contributed by atoms with E-state index in [4.69, 9.17) is 18.9 Å². The van der Waals surface area contributed by atoms with Crippen LogP contribution < -0.4 is 0 Å². The third-order valence-corrected chi connectivity index (χ3v) is 5.10. The van der Waals surface area contributed by atoms with Gasteiger partial charge in [0, 0.05) is 91.3 Å². The molecule has 0 spiro atoms. The van der Waals surface area contributed by atoms with Crippen molar-refractivity contribution in [2.24, 2.45) is 0 Å². The van der Waals surface area contributed by atoms with Crippen LogP contribution in [0, 0.1) is 0 Å². The van der Waals surface area contributed by atoms with Crippen molar-refractivity contribution in [3.8, 4) is 0 Å². The number of ether oxygens (including phenoxy) is 4. The van der Waals surface area contributed by atoms with Crippen LogP contribution in [0.15, 0.2) is 0 Å². The fraction of sp³-hybridized carbons (Fsp3) is 0.720. The Morgan fingerprint density at radius 1 is 0.361 bits per heavy atom. The summed E-state index contributed by atoms with van der Waals surface area (Å²) in [7, 11) is 2.98. The second kappa shape index (κ2) is 21.5. The van der Waals surface area contributed by atoms with Crippen molar-refractivity contribution >= 4 is 40.9 Å². The van der Waals surface area contributed by atoms with Crippen LogP contribution in [0.25, 0.3) is 0 Å². The SMILES string of the molecule is COCCC(=O)CCC(=O)CCC(=O)CCOC(=O)OCCC(=O)CCC(=O)CCC(=O)CCOC. The largest absolute Gasteiger partial charge is 0.508 e. The highest BCUT2D eigenvalue weighted by molar-refractivity contribution is 5.90. The van der Waals surface area contributed by atoms with Gasteiger partial charge in [0.05, 0.1) is 13.2 Å². The number of rotatable bonds is 24. The van der Waals surface area contributed by atoms with Crippen molar-refractivity contribution in [3.05, 3.63) is 0 Å². The van der Waals surface area contributed by atoms with Crippen LogP contribution in [0.1, 0.15) is 77.0 Å². The van der Waals surface area contributed by atoms with Crippen molar-refractivity contribution in [3.63, 3.8) is 0 Å². The lowest BCUT2D eigenvalue weighted by Crippen LogP contribution is -2.15. The highest BCUT2D eigenvalue weighted by Crippen LogP contribution is 2.06. The molecule has 0 amide bonds.